The van der Waals surface area contributed by atoms with Gasteiger partial charge in [0.2, 0.25) is 0 Å². The number of halogens is 1. The van der Waals surface area contributed by atoms with Crippen LogP contribution in [-0.4, -0.2) is 31.1 Å². The maximum Gasteiger partial charge on any atom is 0.119 e. The second kappa shape index (κ2) is 10.3. The molecule has 0 amide bonds. The van der Waals surface area contributed by atoms with Crippen molar-refractivity contribution in [3.05, 3.63) is 64.7 Å². The van der Waals surface area contributed by atoms with Crippen molar-refractivity contribution in [3.8, 4) is 5.75 Å². The minimum atomic E-state index is 0.530. The van der Waals surface area contributed by atoms with Crippen molar-refractivity contribution < 1.29 is 4.74 Å². The quantitative estimate of drug-likeness (QED) is 0.647. The number of benzene rings is 2. The van der Waals surface area contributed by atoms with Gasteiger partial charge in [0.15, 0.2) is 0 Å². The molecule has 2 aromatic carbocycles. The number of nitrogens with one attached hydrogen (secondary N) is 1. The van der Waals surface area contributed by atoms with E-state index >= 15 is 0 Å². The zero-order valence-electron chi connectivity index (χ0n) is 14.6. The first-order valence-electron chi connectivity index (χ1n) is 8.60. The van der Waals surface area contributed by atoms with Crippen LogP contribution in [0.15, 0.2) is 48.5 Å². The van der Waals surface area contributed by atoms with E-state index < -0.39 is 0 Å². The van der Waals surface area contributed by atoms with Crippen molar-refractivity contribution in [3.63, 3.8) is 0 Å². The van der Waals surface area contributed by atoms with Gasteiger partial charge in [0.25, 0.3) is 0 Å². The Morgan fingerprint density at radius 3 is 2.42 bits per heavy atom. The highest BCUT2D eigenvalue weighted by molar-refractivity contribution is 6.30. The minimum absolute atomic E-state index is 0.530. The molecule has 0 spiro atoms. The Labute approximate surface area is 150 Å². The molecule has 0 aliphatic carbocycles. The zero-order chi connectivity index (χ0) is 17.2. The van der Waals surface area contributed by atoms with Crippen LogP contribution >= 0.6 is 11.6 Å². The third kappa shape index (κ3) is 6.52. The van der Waals surface area contributed by atoms with Gasteiger partial charge in [0.05, 0.1) is 0 Å². The summed E-state index contributed by atoms with van der Waals surface area (Å²) < 4.78 is 5.80. The van der Waals surface area contributed by atoms with Gasteiger partial charge in [-0.3, -0.25) is 0 Å². The molecular formula is C20H27ClN2O. The fourth-order valence-electron chi connectivity index (χ4n) is 2.51. The fraction of sp³-hybridized carbons (Fsp3) is 0.400. The Morgan fingerprint density at radius 1 is 1.00 bits per heavy atom. The molecule has 0 aromatic heterocycles. The molecule has 0 aliphatic heterocycles. The normalized spacial score (nSPS) is 11.0. The third-order valence-corrected chi connectivity index (χ3v) is 4.28. The van der Waals surface area contributed by atoms with Crippen molar-refractivity contribution in [1.29, 1.82) is 0 Å². The van der Waals surface area contributed by atoms with Gasteiger partial charge in [-0.1, -0.05) is 49.7 Å². The lowest BCUT2D eigenvalue weighted by Crippen LogP contribution is -2.31. The molecule has 130 valence electrons. The third-order valence-electron chi connectivity index (χ3n) is 4.05. The number of ether oxygens (including phenoxy) is 1. The standard InChI is InChI=1S/C20H27ClN2O/c1-3-23(4-2)13-12-22-15-17-8-10-20(11-9-17)24-16-18-6-5-7-19(21)14-18/h5-11,14,22H,3-4,12-13,15-16H2,1-2H3. The van der Waals surface area contributed by atoms with Crippen LogP contribution in [0.5, 0.6) is 5.75 Å². The van der Waals surface area contributed by atoms with Gasteiger partial charge in [-0.2, -0.15) is 0 Å². The van der Waals surface area contributed by atoms with Crippen LogP contribution in [-0.2, 0) is 13.2 Å². The Bertz CT molecular complexity index is 597. The van der Waals surface area contributed by atoms with Crippen LogP contribution in [0.2, 0.25) is 5.02 Å². The summed E-state index contributed by atoms with van der Waals surface area (Å²) in [7, 11) is 0. The highest BCUT2D eigenvalue weighted by Gasteiger charge is 2.00. The first-order chi connectivity index (χ1) is 11.7. The predicted molar refractivity (Wildman–Crippen MR) is 102 cm³/mol. The molecule has 0 unspecified atom stereocenters. The van der Waals surface area contributed by atoms with Crippen LogP contribution in [0.4, 0.5) is 0 Å². The SMILES string of the molecule is CCN(CC)CCNCc1ccc(OCc2cccc(Cl)c2)cc1. The second-order valence-electron chi connectivity index (χ2n) is 5.77. The van der Waals surface area contributed by atoms with Crippen molar-refractivity contribution in [2.45, 2.75) is 27.0 Å². The van der Waals surface area contributed by atoms with E-state index in [0.29, 0.717) is 6.61 Å². The van der Waals surface area contributed by atoms with E-state index in [2.05, 4.69) is 36.2 Å². The molecule has 24 heavy (non-hydrogen) atoms. The van der Waals surface area contributed by atoms with E-state index in [-0.39, 0.29) is 0 Å². The molecular weight excluding hydrogens is 320 g/mol. The van der Waals surface area contributed by atoms with Gasteiger partial charge in [-0.25, -0.2) is 0 Å². The van der Waals surface area contributed by atoms with Crippen molar-refractivity contribution >= 4 is 11.6 Å². The summed E-state index contributed by atoms with van der Waals surface area (Å²) >= 11 is 5.98. The van der Waals surface area contributed by atoms with Crippen molar-refractivity contribution in [2.24, 2.45) is 0 Å². The van der Waals surface area contributed by atoms with Gasteiger partial charge in [-0.15, -0.1) is 0 Å². The number of hydrogen-bond donors (Lipinski definition) is 1. The summed E-state index contributed by atoms with van der Waals surface area (Å²) in [6.07, 6.45) is 0. The number of rotatable bonds is 10. The average molecular weight is 347 g/mol. The summed E-state index contributed by atoms with van der Waals surface area (Å²) in [6, 6.07) is 16.0. The highest BCUT2D eigenvalue weighted by atomic mass is 35.5. The fourth-order valence-corrected chi connectivity index (χ4v) is 2.72. The van der Waals surface area contributed by atoms with E-state index in [1.807, 2.05) is 36.4 Å². The lowest BCUT2D eigenvalue weighted by molar-refractivity contribution is 0.302. The van der Waals surface area contributed by atoms with Crippen LogP contribution < -0.4 is 10.1 Å². The maximum atomic E-state index is 5.98. The Kier molecular flexibility index (Phi) is 8.10. The summed E-state index contributed by atoms with van der Waals surface area (Å²) in [5, 5.41) is 4.23. The summed E-state index contributed by atoms with van der Waals surface area (Å²) in [5.74, 6) is 0.877. The Balaban J connectivity index is 1.72. The van der Waals surface area contributed by atoms with Gasteiger partial charge in [0, 0.05) is 24.7 Å². The molecule has 0 fully saturated rings. The number of hydrogen-bond acceptors (Lipinski definition) is 3. The average Bonchev–Trinajstić information content (AvgIpc) is 2.61. The van der Waals surface area contributed by atoms with E-state index in [1.54, 1.807) is 0 Å². The smallest absolute Gasteiger partial charge is 0.119 e. The summed E-state index contributed by atoms with van der Waals surface area (Å²) in [4.78, 5) is 2.42. The van der Waals surface area contributed by atoms with E-state index in [9.17, 15) is 0 Å². The first kappa shape index (κ1) is 18.8. The van der Waals surface area contributed by atoms with Gasteiger partial charge < -0.3 is 15.0 Å². The molecule has 0 saturated heterocycles. The molecule has 2 aromatic rings. The zero-order valence-corrected chi connectivity index (χ0v) is 15.4. The lowest BCUT2D eigenvalue weighted by Gasteiger charge is -2.18. The molecule has 0 bridgehead atoms. The molecule has 0 aliphatic rings. The Hall–Kier alpha value is -1.55. The van der Waals surface area contributed by atoms with Crippen molar-refractivity contribution in [2.75, 3.05) is 26.2 Å². The van der Waals surface area contributed by atoms with Crippen LogP contribution in [0.25, 0.3) is 0 Å². The molecule has 0 atom stereocenters. The Morgan fingerprint density at radius 2 is 1.75 bits per heavy atom. The molecule has 2 rings (SSSR count). The molecule has 1 N–H and O–H groups in total. The van der Waals surface area contributed by atoms with Crippen LogP contribution in [0.3, 0.4) is 0 Å². The van der Waals surface area contributed by atoms with E-state index in [0.717, 1.165) is 49.1 Å². The molecule has 0 heterocycles. The first-order valence-corrected chi connectivity index (χ1v) is 8.98. The van der Waals surface area contributed by atoms with E-state index in [4.69, 9.17) is 16.3 Å². The monoisotopic (exact) mass is 346 g/mol. The number of nitrogens with zero attached hydrogens (tertiary/aromatic N) is 1. The van der Waals surface area contributed by atoms with Gasteiger partial charge >= 0.3 is 0 Å². The molecule has 0 saturated carbocycles. The van der Waals surface area contributed by atoms with E-state index in [1.165, 1.54) is 5.56 Å². The van der Waals surface area contributed by atoms with Crippen LogP contribution in [0, 0.1) is 0 Å². The number of likely N-dealkylation sites (N-methyl/N-ethyl adjacent to an activating group) is 1. The molecule has 0 radical (unpaired) electrons. The highest BCUT2D eigenvalue weighted by Crippen LogP contribution is 2.16. The predicted octanol–water partition coefficient (Wildman–Crippen LogP) is 4.35. The van der Waals surface area contributed by atoms with Crippen LogP contribution in [0.1, 0.15) is 25.0 Å². The molecule has 3 nitrogen and oxygen atoms in total. The maximum absolute atomic E-state index is 5.98. The summed E-state index contributed by atoms with van der Waals surface area (Å²) in [6.45, 7) is 10.1. The van der Waals surface area contributed by atoms with Gasteiger partial charge in [0.1, 0.15) is 12.4 Å². The second-order valence-corrected chi connectivity index (χ2v) is 6.20. The topological polar surface area (TPSA) is 24.5 Å². The molecule has 4 heteroatoms. The van der Waals surface area contributed by atoms with Crippen molar-refractivity contribution in [1.82, 2.24) is 10.2 Å². The van der Waals surface area contributed by atoms with Gasteiger partial charge in [-0.05, 0) is 48.5 Å². The lowest BCUT2D eigenvalue weighted by atomic mass is 10.2. The minimum Gasteiger partial charge on any atom is -0.489 e. The summed E-state index contributed by atoms with van der Waals surface area (Å²) in [5.41, 5.74) is 2.34. The largest absolute Gasteiger partial charge is 0.489 e.